The van der Waals surface area contributed by atoms with E-state index < -0.39 is 16.1 Å². The molecule has 1 fully saturated rings. The highest BCUT2D eigenvalue weighted by atomic mass is 32.2. The largest absolute Gasteiger partial charge is 0.395 e. The van der Waals surface area contributed by atoms with Crippen molar-refractivity contribution >= 4 is 10.0 Å². The van der Waals surface area contributed by atoms with Crippen LogP contribution >= 0.6 is 0 Å². The van der Waals surface area contributed by atoms with E-state index >= 15 is 0 Å². The van der Waals surface area contributed by atoms with E-state index in [2.05, 4.69) is 11.9 Å². The van der Waals surface area contributed by atoms with Gasteiger partial charge in [0.2, 0.25) is 0 Å². The van der Waals surface area contributed by atoms with Crippen LogP contribution in [0, 0.1) is 5.92 Å². The van der Waals surface area contributed by atoms with Crippen molar-refractivity contribution in [2.45, 2.75) is 56.8 Å². The molecule has 1 aromatic carbocycles. The smallest absolute Gasteiger partial charge is 0.262 e. The van der Waals surface area contributed by atoms with Crippen LogP contribution in [-0.2, 0) is 16.6 Å². The minimum atomic E-state index is -3.80. The quantitative estimate of drug-likeness (QED) is 0.729. The molecule has 0 aliphatic heterocycles. The van der Waals surface area contributed by atoms with E-state index in [9.17, 15) is 13.5 Å². The standard InChI is InChI=1S/C19H27N3O3S/c1-3-15(2)21-12-19(20-14-21)26(24,25)22(18(13-23)17-9-10-17)11-16-7-5-4-6-8-16/h4-8,12,14-15,17-18,23H,3,9-11,13H2,1-2H3/t15-,18+/m1/s1. The third kappa shape index (κ3) is 4.00. The predicted octanol–water partition coefficient (Wildman–Crippen LogP) is 2.82. The molecule has 2 atom stereocenters. The molecule has 0 unspecified atom stereocenters. The molecule has 1 saturated carbocycles. The Bertz CT molecular complexity index is 816. The molecule has 6 nitrogen and oxygen atoms in total. The van der Waals surface area contributed by atoms with Crippen LogP contribution in [0.5, 0.6) is 0 Å². The first-order chi connectivity index (χ1) is 12.5. The fraction of sp³-hybridized carbons (Fsp3) is 0.526. The van der Waals surface area contributed by atoms with E-state index in [1.165, 1.54) is 4.31 Å². The van der Waals surface area contributed by atoms with Gasteiger partial charge >= 0.3 is 0 Å². The van der Waals surface area contributed by atoms with Crippen molar-refractivity contribution in [3.05, 3.63) is 48.4 Å². The number of rotatable bonds is 9. The summed E-state index contributed by atoms with van der Waals surface area (Å²) in [4.78, 5) is 4.17. The second-order valence-electron chi connectivity index (χ2n) is 7.04. The Kier molecular flexibility index (Phi) is 5.79. The molecule has 1 aromatic heterocycles. The normalized spacial score (nSPS) is 17.4. The minimum absolute atomic E-state index is 0.0489. The van der Waals surface area contributed by atoms with Crippen LogP contribution in [0.4, 0.5) is 0 Å². The Labute approximate surface area is 155 Å². The average molecular weight is 378 g/mol. The maximum Gasteiger partial charge on any atom is 0.262 e. The van der Waals surface area contributed by atoms with Gasteiger partial charge in [-0.05, 0) is 37.7 Å². The number of benzene rings is 1. The first kappa shape index (κ1) is 19.1. The maximum absolute atomic E-state index is 13.3. The van der Waals surface area contributed by atoms with Gasteiger partial charge in [0.05, 0.1) is 19.0 Å². The minimum Gasteiger partial charge on any atom is -0.395 e. The molecular formula is C19H27N3O3S. The third-order valence-electron chi connectivity index (χ3n) is 5.15. The van der Waals surface area contributed by atoms with Gasteiger partial charge in [-0.1, -0.05) is 37.3 Å². The Hall–Kier alpha value is -1.70. The molecule has 1 N–H and O–H groups in total. The lowest BCUT2D eigenvalue weighted by atomic mass is 10.1. The van der Waals surface area contributed by atoms with E-state index in [1.807, 2.05) is 41.8 Å². The monoisotopic (exact) mass is 377 g/mol. The van der Waals surface area contributed by atoms with E-state index in [1.54, 1.807) is 12.5 Å². The molecule has 0 saturated heterocycles. The van der Waals surface area contributed by atoms with Gasteiger partial charge < -0.3 is 9.67 Å². The predicted molar refractivity (Wildman–Crippen MR) is 100.0 cm³/mol. The summed E-state index contributed by atoms with van der Waals surface area (Å²) in [6, 6.07) is 9.27. The summed E-state index contributed by atoms with van der Waals surface area (Å²) in [6.45, 7) is 4.14. The topological polar surface area (TPSA) is 75.4 Å². The summed E-state index contributed by atoms with van der Waals surface area (Å²) in [5, 5.41) is 9.94. The van der Waals surface area contributed by atoms with Crippen molar-refractivity contribution < 1.29 is 13.5 Å². The van der Waals surface area contributed by atoms with Crippen LogP contribution in [0.15, 0.2) is 47.9 Å². The van der Waals surface area contributed by atoms with Gasteiger partial charge in [0.1, 0.15) is 0 Å². The molecule has 1 aliphatic rings. The summed E-state index contributed by atoms with van der Waals surface area (Å²) < 4.78 is 29.9. The molecule has 7 heteroatoms. The van der Waals surface area contributed by atoms with Crippen LogP contribution in [0.1, 0.15) is 44.7 Å². The molecule has 1 aliphatic carbocycles. The maximum atomic E-state index is 13.3. The third-order valence-corrected chi connectivity index (χ3v) is 6.91. The molecular weight excluding hydrogens is 350 g/mol. The van der Waals surface area contributed by atoms with Gasteiger partial charge in [-0.3, -0.25) is 0 Å². The van der Waals surface area contributed by atoms with Gasteiger partial charge in [-0.25, -0.2) is 13.4 Å². The van der Waals surface area contributed by atoms with E-state index in [0.717, 1.165) is 24.8 Å². The molecule has 0 amide bonds. The van der Waals surface area contributed by atoms with Crippen LogP contribution in [0.25, 0.3) is 0 Å². The SMILES string of the molecule is CC[C@@H](C)n1cnc(S(=O)(=O)N(Cc2ccccc2)[C@@H](CO)C2CC2)c1. The summed E-state index contributed by atoms with van der Waals surface area (Å²) in [6.07, 6.45) is 5.97. The van der Waals surface area contributed by atoms with Gasteiger partial charge in [-0.15, -0.1) is 0 Å². The number of hydrogen-bond acceptors (Lipinski definition) is 4. The molecule has 0 bridgehead atoms. The number of aliphatic hydroxyl groups excluding tert-OH is 1. The molecule has 26 heavy (non-hydrogen) atoms. The van der Waals surface area contributed by atoms with Gasteiger partial charge in [0.25, 0.3) is 10.0 Å². The van der Waals surface area contributed by atoms with Crippen LogP contribution < -0.4 is 0 Å². The molecule has 0 radical (unpaired) electrons. The first-order valence-corrected chi connectivity index (χ1v) is 10.6. The fourth-order valence-electron chi connectivity index (χ4n) is 3.12. The number of aromatic nitrogens is 2. The number of aliphatic hydroxyl groups is 1. The zero-order valence-electron chi connectivity index (χ0n) is 15.3. The van der Waals surface area contributed by atoms with E-state index in [0.29, 0.717) is 0 Å². The highest BCUT2D eigenvalue weighted by Gasteiger charge is 2.41. The lowest BCUT2D eigenvalue weighted by Gasteiger charge is -2.29. The first-order valence-electron chi connectivity index (χ1n) is 9.17. The van der Waals surface area contributed by atoms with E-state index in [4.69, 9.17) is 0 Å². The molecule has 142 valence electrons. The second-order valence-corrected chi connectivity index (χ2v) is 8.88. The lowest BCUT2D eigenvalue weighted by molar-refractivity contribution is 0.166. The summed E-state index contributed by atoms with van der Waals surface area (Å²) in [5.74, 6) is 0.218. The van der Waals surface area contributed by atoms with Crippen LogP contribution in [0.3, 0.4) is 0 Å². The lowest BCUT2D eigenvalue weighted by Crippen LogP contribution is -2.43. The van der Waals surface area contributed by atoms with Crippen molar-refractivity contribution in [3.63, 3.8) is 0 Å². The van der Waals surface area contributed by atoms with Crippen molar-refractivity contribution in [2.75, 3.05) is 6.61 Å². The Morgan fingerprint density at radius 2 is 2.00 bits per heavy atom. The van der Waals surface area contributed by atoms with Crippen molar-refractivity contribution in [1.82, 2.24) is 13.9 Å². The van der Waals surface area contributed by atoms with Crippen LogP contribution in [0.2, 0.25) is 0 Å². The van der Waals surface area contributed by atoms with E-state index in [-0.39, 0.29) is 30.1 Å². The number of sulfonamides is 1. The van der Waals surface area contributed by atoms with Crippen molar-refractivity contribution in [1.29, 1.82) is 0 Å². The van der Waals surface area contributed by atoms with Crippen molar-refractivity contribution in [3.8, 4) is 0 Å². The molecule has 1 heterocycles. The summed E-state index contributed by atoms with van der Waals surface area (Å²) in [5.41, 5.74) is 0.900. The Morgan fingerprint density at radius 1 is 1.31 bits per heavy atom. The molecule has 2 aromatic rings. The zero-order valence-corrected chi connectivity index (χ0v) is 16.1. The second kappa shape index (κ2) is 7.90. The van der Waals surface area contributed by atoms with Gasteiger partial charge in [0.15, 0.2) is 5.03 Å². The molecule has 0 spiro atoms. The highest BCUT2D eigenvalue weighted by Crippen LogP contribution is 2.37. The fourth-order valence-corrected chi connectivity index (χ4v) is 4.71. The van der Waals surface area contributed by atoms with Crippen molar-refractivity contribution in [2.24, 2.45) is 5.92 Å². The summed E-state index contributed by atoms with van der Waals surface area (Å²) in [7, 11) is -3.80. The number of nitrogens with zero attached hydrogens (tertiary/aromatic N) is 3. The summed E-state index contributed by atoms with van der Waals surface area (Å²) >= 11 is 0. The Balaban J connectivity index is 1.95. The molecule has 3 rings (SSSR count). The zero-order chi connectivity index (χ0) is 18.7. The average Bonchev–Trinajstić information content (AvgIpc) is 3.35. The number of imidazole rings is 1. The van der Waals surface area contributed by atoms with Gasteiger partial charge in [-0.2, -0.15) is 4.31 Å². The Morgan fingerprint density at radius 3 is 2.58 bits per heavy atom. The number of hydrogen-bond donors (Lipinski definition) is 1. The highest BCUT2D eigenvalue weighted by molar-refractivity contribution is 7.89. The van der Waals surface area contributed by atoms with Gasteiger partial charge in [0, 0.05) is 18.8 Å². The van der Waals surface area contributed by atoms with Crippen LogP contribution in [-0.4, -0.2) is 40.0 Å².